The fraction of sp³-hybridized carbons (Fsp3) is 0.821. The van der Waals surface area contributed by atoms with Gasteiger partial charge in [0, 0.05) is 12.8 Å². The van der Waals surface area contributed by atoms with Crippen LogP contribution in [-0.2, 0) is 27.9 Å². The number of phosphoric ester groups is 1. The molecule has 0 aliphatic carbocycles. The minimum Gasteiger partial charge on any atom is -0.456 e. The van der Waals surface area contributed by atoms with E-state index in [9.17, 15) is 19.0 Å². The number of esters is 1. The molecule has 0 aliphatic heterocycles. The number of unbranched alkanes of at least 4 members (excludes halogenated alkanes) is 35. The average Bonchev–Trinajstić information content (AvgIpc) is 3.39. The minimum atomic E-state index is -4.45. The van der Waals surface area contributed by atoms with Gasteiger partial charge in [-0.25, -0.2) is 4.57 Å². The predicted octanol–water partition coefficient (Wildman–Crippen LogP) is 20.2. The molecule has 1 amide bonds. The molecule has 0 saturated carbocycles. The standard InChI is InChI=1S/C67H125N2O7P/c1-7-10-13-16-19-22-25-27-29-31-33-34-36-37-39-41-44-47-50-53-56-59-66(70)68-64(63-75-77(72,73)74-62-61-69(4,5)6)65(58-55-52-49-46-43-24-21-18-15-12-9-3)76-67(71)60-57-54-51-48-45-42-40-38-35-32-30-28-26-23-20-17-14-11-8-2/h19,22,27,29,33-34,37,39,55,58,64-65H,7-18,20-21,23-26,28,30-32,35-36,38,40-54,56-57,59-63H2,1-6H3,(H-,68,70,72,73)/p+1/b22-19-,29-27-,34-33-,39-37-,58-55+. The zero-order chi connectivity index (χ0) is 56.4. The topological polar surface area (TPSA) is 111 Å². The van der Waals surface area contributed by atoms with Crippen molar-refractivity contribution >= 4 is 19.7 Å². The van der Waals surface area contributed by atoms with E-state index in [1.807, 2.05) is 33.3 Å². The molecule has 0 spiro atoms. The number of allylic oxidation sites excluding steroid dienone is 9. The van der Waals surface area contributed by atoms with Crippen LogP contribution in [0.4, 0.5) is 0 Å². The second kappa shape index (κ2) is 57.0. The first kappa shape index (κ1) is 74.7. The summed E-state index contributed by atoms with van der Waals surface area (Å²) in [7, 11) is 1.49. The van der Waals surface area contributed by atoms with Crippen LogP contribution in [0.25, 0.3) is 0 Å². The SMILES string of the molecule is CCCCC/C=C\C/C=C\C/C=C\C/C=C\CCCCCCCC(=O)NC(COP(=O)(O)OCC[N+](C)(C)C)C(/C=C/CCCCCCCCCCC)OC(=O)CCCCCCCCCCCCCCCCCCCCC. The van der Waals surface area contributed by atoms with Gasteiger partial charge in [0.15, 0.2) is 0 Å². The van der Waals surface area contributed by atoms with Gasteiger partial charge in [0.05, 0.1) is 33.8 Å². The summed E-state index contributed by atoms with van der Waals surface area (Å²) in [5, 5.41) is 3.05. The fourth-order valence-corrected chi connectivity index (χ4v) is 10.1. The minimum absolute atomic E-state index is 0.0361. The van der Waals surface area contributed by atoms with Crippen molar-refractivity contribution in [1.29, 1.82) is 0 Å². The van der Waals surface area contributed by atoms with Crippen molar-refractivity contribution in [3.05, 3.63) is 60.8 Å². The summed E-state index contributed by atoms with van der Waals surface area (Å²) in [5.74, 6) is -0.517. The number of nitrogens with zero attached hydrogens (tertiary/aromatic N) is 1. The second-order valence-electron chi connectivity index (χ2n) is 23.3. The summed E-state index contributed by atoms with van der Waals surface area (Å²) in [5.41, 5.74) is 0. The molecule has 0 rings (SSSR count). The number of rotatable bonds is 59. The van der Waals surface area contributed by atoms with Crippen molar-refractivity contribution in [3.63, 3.8) is 0 Å². The van der Waals surface area contributed by atoms with Gasteiger partial charge in [0.1, 0.15) is 19.3 Å². The molecule has 0 aromatic rings. The molecule has 2 N–H and O–H groups in total. The summed E-state index contributed by atoms with van der Waals surface area (Å²) in [4.78, 5) is 37.7. The third-order valence-electron chi connectivity index (χ3n) is 14.5. The highest BCUT2D eigenvalue weighted by atomic mass is 31.2. The fourth-order valence-electron chi connectivity index (χ4n) is 9.40. The molecule has 77 heavy (non-hydrogen) atoms. The van der Waals surface area contributed by atoms with Crippen LogP contribution < -0.4 is 5.32 Å². The third kappa shape index (κ3) is 58.2. The monoisotopic (exact) mass is 1100 g/mol. The molecule has 0 heterocycles. The van der Waals surface area contributed by atoms with Crippen LogP contribution in [0.2, 0.25) is 0 Å². The number of likely N-dealkylation sites (N-methyl/N-ethyl adjacent to an activating group) is 1. The van der Waals surface area contributed by atoms with E-state index in [4.69, 9.17) is 13.8 Å². The quantitative estimate of drug-likeness (QED) is 0.0205. The number of amides is 1. The van der Waals surface area contributed by atoms with E-state index in [1.54, 1.807) is 0 Å². The molecule has 0 bridgehead atoms. The number of quaternary nitrogens is 1. The lowest BCUT2D eigenvalue weighted by Crippen LogP contribution is -2.47. The normalized spacial score (nSPS) is 14.0. The Kier molecular flexibility index (Phi) is 55.3. The van der Waals surface area contributed by atoms with Crippen LogP contribution in [-0.4, -0.2) is 74.3 Å². The molecule has 10 heteroatoms. The lowest BCUT2D eigenvalue weighted by Gasteiger charge is -2.27. The number of carbonyl (C=O) groups is 2. The lowest BCUT2D eigenvalue weighted by atomic mass is 10.0. The first-order chi connectivity index (χ1) is 37.4. The lowest BCUT2D eigenvalue weighted by molar-refractivity contribution is -0.870. The van der Waals surface area contributed by atoms with Crippen LogP contribution in [0.3, 0.4) is 0 Å². The van der Waals surface area contributed by atoms with Gasteiger partial charge >= 0.3 is 13.8 Å². The van der Waals surface area contributed by atoms with Crippen molar-refractivity contribution < 1.29 is 37.3 Å². The maximum absolute atomic E-state index is 13.6. The van der Waals surface area contributed by atoms with Crippen LogP contribution in [0.15, 0.2) is 60.8 Å². The van der Waals surface area contributed by atoms with Gasteiger partial charge in [0.25, 0.3) is 0 Å². The Labute approximate surface area is 477 Å². The first-order valence-electron chi connectivity index (χ1n) is 32.6. The molecule has 3 atom stereocenters. The summed E-state index contributed by atoms with van der Waals surface area (Å²) >= 11 is 0. The molecule has 450 valence electrons. The van der Waals surface area contributed by atoms with Gasteiger partial charge < -0.3 is 19.4 Å². The Morgan fingerprint density at radius 3 is 1.21 bits per heavy atom. The van der Waals surface area contributed by atoms with E-state index in [-0.39, 0.29) is 31.5 Å². The second-order valence-corrected chi connectivity index (χ2v) is 24.7. The van der Waals surface area contributed by atoms with Crippen molar-refractivity contribution in [2.24, 2.45) is 0 Å². The number of nitrogens with one attached hydrogen (secondary N) is 1. The van der Waals surface area contributed by atoms with Gasteiger partial charge in [-0.3, -0.25) is 18.6 Å². The van der Waals surface area contributed by atoms with Crippen LogP contribution in [0.1, 0.15) is 303 Å². The Hall–Kier alpha value is -2.29. The van der Waals surface area contributed by atoms with E-state index in [1.165, 1.54) is 173 Å². The highest BCUT2D eigenvalue weighted by Crippen LogP contribution is 2.43. The molecule has 3 unspecified atom stereocenters. The highest BCUT2D eigenvalue weighted by Gasteiger charge is 2.30. The molecule has 9 nitrogen and oxygen atoms in total. The van der Waals surface area contributed by atoms with Crippen LogP contribution >= 0.6 is 7.82 Å². The average molecular weight is 1100 g/mol. The van der Waals surface area contributed by atoms with E-state index >= 15 is 0 Å². The molecule has 0 radical (unpaired) electrons. The number of hydrogen-bond donors (Lipinski definition) is 2. The Bertz CT molecular complexity index is 1500. The maximum Gasteiger partial charge on any atom is 0.472 e. The zero-order valence-corrected chi connectivity index (χ0v) is 52.3. The molecule has 0 aromatic carbocycles. The summed E-state index contributed by atoms with van der Waals surface area (Å²) in [6, 6.07) is -0.858. The Morgan fingerprint density at radius 2 is 0.792 bits per heavy atom. The van der Waals surface area contributed by atoms with E-state index in [0.29, 0.717) is 17.4 Å². The summed E-state index contributed by atoms with van der Waals surface area (Å²) in [6.07, 6.45) is 72.2. The van der Waals surface area contributed by atoms with Crippen LogP contribution in [0, 0.1) is 0 Å². The molecular weight excluding hydrogens is 976 g/mol. The van der Waals surface area contributed by atoms with Crippen molar-refractivity contribution in [3.8, 4) is 0 Å². The Balaban J connectivity index is 5.19. The first-order valence-corrected chi connectivity index (χ1v) is 34.1. The zero-order valence-electron chi connectivity index (χ0n) is 51.5. The highest BCUT2D eigenvalue weighted by molar-refractivity contribution is 7.47. The van der Waals surface area contributed by atoms with Gasteiger partial charge in [-0.15, -0.1) is 0 Å². The molecular formula is C67H126N2O7P+. The van der Waals surface area contributed by atoms with Crippen molar-refractivity contribution in [2.75, 3.05) is 40.9 Å². The number of hydrogen-bond acceptors (Lipinski definition) is 6. The van der Waals surface area contributed by atoms with Gasteiger partial charge in [-0.2, -0.15) is 0 Å². The molecule has 0 fully saturated rings. The number of carbonyl (C=O) groups excluding carboxylic acids is 2. The smallest absolute Gasteiger partial charge is 0.456 e. The number of ether oxygens (including phenoxy) is 1. The van der Waals surface area contributed by atoms with Crippen molar-refractivity contribution in [1.82, 2.24) is 5.32 Å². The van der Waals surface area contributed by atoms with E-state index in [0.717, 1.165) is 96.3 Å². The largest absolute Gasteiger partial charge is 0.472 e. The number of phosphoric acid groups is 1. The van der Waals surface area contributed by atoms with E-state index < -0.39 is 20.0 Å². The van der Waals surface area contributed by atoms with E-state index in [2.05, 4.69) is 74.7 Å². The van der Waals surface area contributed by atoms with Gasteiger partial charge in [0.2, 0.25) is 5.91 Å². The maximum atomic E-state index is 13.6. The Morgan fingerprint density at radius 1 is 0.455 bits per heavy atom. The molecule has 0 aliphatic rings. The van der Waals surface area contributed by atoms with Crippen LogP contribution in [0.5, 0.6) is 0 Å². The predicted molar refractivity (Wildman–Crippen MR) is 332 cm³/mol. The summed E-state index contributed by atoms with van der Waals surface area (Å²) < 4.78 is 30.7. The third-order valence-corrected chi connectivity index (χ3v) is 15.4. The van der Waals surface area contributed by atoms with Gasteiger partial charge in [-0.05, 0) is 76.7 Å². The molecule has 0 saturated heterocycles. The van der Waals surface area contributed by atoms with Gasteiger partial charge in [-0.1, -0.05) is 275 Å². The van der Waals surface area contributed by atoms with Crippen molar-refractivity contribution in [2.45, 2.75) is 315 Å². The molecule has 0 aromatic heterocycles. The summed E-state index contributed by atoms with van der Waals surface area (Å²) in [6.45, 7) is 6.99.